The van der Waals surface area contributed by atoms with Gasteiger partial charge < -0.3 is 10.1 Å². The minimum Gasteiger partial charge on any atom is -0.377 e. The summed E-state index contributed by atoms with van der Waals surface area (Å²) in [7, 11) is 0. The van der Waals surface area contributed by atoms with Crippen LogP contribution >= 0.6 is 11.6 Å². The van der Waals surface area contributed by atoms with Gasteiger partial charge in [-0.15, -0.1) is 0 Å². The first-order valence-electron chi connectivity index (χ1n) is 7.24. The van der Waals surface area contributed by atoms with Crippen LogP contribution in [0.3, 0.4) is 0 Å². The molecule has 1 aromatic carbocycles. The number of rotatable bonds is 10. The van der Waals surface area contributed by atoms with Crippen molar-refractivity contribution >= 4 is 11.6 Å². The third kappa shape index (κ3) is 9.04. The van der Waals surface area contributed by atoms with Gasteiger partial charge in [-0.3, -0.25) is 0 Å². The van der Waals surface area contributed by atoms with Crippen molar-refractivity contribution in [3.05, 3.63) is 34.9 Å². The summed E-state index contributed by atoms with van der Waals surface area (Å²) < 4.78 is 5.65. The maximum Gasteiger partial charge on any atom is 0.0716 e. The van der Waals surface area contributed by atoms with Gasteiger partial charge in [0.1, 0.15) is 0 Å². The van der Waals surface area contributed by atoms with E-state index in [2.05, 4.69) is 19.2 Å². The van der Waals surface area contributed by atoms with Crippen LogP contribution in [0.5, 0.6) is 0 Å². The summed E-state index contributed by atoms with van der Waals surface area (Å²) in [6.07, 6.45) is 4.94. The van der Waals surface area contributed by atoms with Crippen molar-refractivity contribution in [3.8, 4) is 0 Å². The average Bonchev–Trinajstić information content (AvgIpc) is 2.38. The van der Waals surface area contributed by atoms with Crippen LogP contribution in [-0.2, 0) is 11.3 Å². The fourth-order valence-corrected chi connectivity index (χ4v) is 1.97. The molecule has 19 heavy (non-hydrogen) atoms. The van der Waals surface area contributed by atoms with Crippen LogP contribution in [-0.4, -0.2) is 19.2 Å². The van der Waals surface area contributed by atoms with Gasteiger partial charge in [0.2, 0.25) is 0 Å². The second-order valence-corrected chi connectivity index (χ2v) is 5.64. The predicted molar refractivity (Wildman–Crippen MR) is 82.7 cm³/mol. The van der Waals surface area contributed by atoms with Crippen molar-refractivity contribution in [2.24, 2.45) is 0 Å². The maximum absolute atomic E-state index is 5.83. The Bertz CT molecular complexity index is 324. The molecule has 0 aliphatic rings. The molecule has 1 N–H and O–H groups in total. The molecule has 0 aliphatic carbocycles. The molecule has 0 bridgehead atoms. The molecular formula is C16H26ClNO. The Labute approximate surface area is 122 Å². The molecule has 0 aromatic heterocycles. The van der Waals surface area contributed by atoms with E-state index in [0.29, 0.717) is 12.6 Å². The van der Waals surface area contributed by atoms with Crippen LogP contribution in [0.1, 0.15) is 45.1 Å². The molecule has 0 radical (unpaired) electrons. The molecule has 0 saturated heterocycles. The van der Waals surface area contributed by atoms with Gasteiger partial charge in [-0.2, -0.15) is 0 Å². The first kappa shape index (κ1) is 16.5. The Hall–Kier alpha value is -0.570. The molecule has 1 aromatic rings. The van der Waals surface area contributed by atoms with Gasteiger partial charge in [0.15, 0.2) is 0 Å². The molecule has 3 heteroatoms. The topological polar surface area (TPSA) is 21.3 Å². The van der Waals surface area contributed by atoms with Crippen LogP contribution in [0.4, 0.5) is 0 Å². The third-order valence-corrected chi connectivity index (χ3v) is 3.20. The predicted octanol–water partition coefficient (Wildman–Crippen LogP) is 4.42. The second-order valence-electron chi connectivity index (χ2n) is 5.20. The highest BCUT2D eigenvalue weighted by Gasteiger charge is 1.95. The van der Waals surface area contributed by atoms with Crippen molar-refractivity contribution in [1.29, 1.82) is 0 Å². The standard InChI is InChI=1S/C16H26ClNO/c1-14(2)18-11-5-3-4-6-12-19-13-15-7-9-16(17)10-8-15/h7-10,14,18H,3-6,11-13H2,1-2H3. The van der Waals surface area contributed by atoms with Crippen molar-refractivity contribution in [2.75, 3.05) is 13.2 Å². The number of benzene rings is 1. The van der Waals surface area contributed by atoms with Gasteiger partial charge in [-0.25, -0.2) is 0 Å². The Morgan fingerprint density at radius 1 is 1.05 bits per heavy atom. The van der Waals surface area contributed by atoms with Crippen LogP contribution in [0.15, 0.2) is 24.3 Å². The minimum absolute atomic E-state index is 0.600. The summed E-state index contributed by atoms with van der Waals surface area (Å²) in [5, 5.41) is 4.21. The number of hydrogen-bond acceptors (Lipinski definition) is 2. The summed E-state index contributed by atoms with van der Waals surface area (Å²) >= 11 is 5.83. The van der Waals surface area contributed by atoms with Crippen molar-refractivity contribution < 1.29 is 4.74 Å². The second kappa shape index (κ2) is 10.2. The molecular weight excluding hydrogens is 258 g/mol. The van der Waals surface area contributed by atoms with Gasteiger partial charge in [0.25, 0.3) is 0 Å². The third-order valence-electron chi connectivity index (χ3n) is 2.95. The van der Waals surface area contributed by atoms with E-state index in [1.165, 1.54) is 24.8 Å². The molecule has 108 valence electrons. The molecule has 0 aliphatic heterocycles. The van der Waals surface area contributed by atoms with E-state index in [9.17, 15) is 0 Å². The molecule has 0 saturated carbocycles. The molecule has 0 amide bonds. The number of ether oxygens (including phenoxy) is 1. The summed E-state index contributed by atoms with van der Waals surface area (Å²) in [4.78, 5) is 0. The van der Waals surface area contributed by atoms with Gasteiger partial charge in [-0.05, 0) is 37.1 Å². The van der Waals surface area contributed by atoms with Crippen molar-refractivity contribution in [2.45, 2.75) is 52.2 Å². The maximum atomic E-state index is 5.83. The van der Waals surface area contributed by atoms with Crippen molar-refractivity contribution in [3.63, 3.8) is 0 Å². The van der Waals surface area contributed by atoms with E-state index < -0.39 is 0 Å². The lowest BCUT2D eigenvalue weighted by atomic mass is 10.2. The largest absolute Gasteiger partial charge is 0.377 e. The lowest BCUT2D eigenvalue weighted by molar-refractivity contribution is 0.116. The van der Waals surface area contributed by atoms with E-state index >= 15 is 0 Å². The average molecular weight is 284 g/mol. The molecule has 0 unspecified atom stereocenters. The lowest BCUT2D eigenvalue weighted by Crippen LogP contribution is -2.23. The Kier molecular flexibility index (Phi) is 8.89. The summed E-state index contributed by atoms with van der Waals surface area (Å²) in [5.74, 6) is 0. The highest BCUT2D eigenvalue weighted by atomic mass is 35.5. The molecule has 1 rings (SSSR count). The first-order chi connectivity index (χ1) is 9.18. The zero-order chi connectivity index (χ0) is 13.9. The Balaban J connectivity index is 1.90. The van der Waals surface area contributed by atoms with E-state index in [4.69, 9.17) is 16.3 Å². The van der Waals surface area contributed by atoms with Crippen LogP contribution in [0.2, 0.25) is 5.02 Å². The van der Waals surface area contributed by atoms with E-state index in [0.717, 1.165) is 24.6 Å². The zero-order valence-electron chi connectivity index (χ0n) is 12.1. The quantitative estimate of drug-likeness (QED) is 0.642. The summed E-state index contributed by atoms with van der Waals surface area (Å²) in [5.41, 5.74) is 1.19. The highest BCUT2D eigenvalue weighted by Crippen LogP contribution is 2.10. The Morgan fingerprint density at radius 2 is 1.74 bits per heavy atom. The number of nitrogens with one attached hydrogen (secondary N) is 1. The number of halogens is 1. The van der Waals surface area contributed by atoms with Crippen LogP contribution < -0.4 is 5.32 Å². The fraction of sp³-hybridized carbons (Fsp3) is 0.625. The van der Waals surface area contributed by atoms with Crippen LogP contribution in [0, 0.1) is 0 Å². The minimum atomic E-state index is 0.600. The van der Waals surface area contributed by atoms with Gasteiger partial charge >= 0.3 is 0 Å². The van der Waals surface area contributed by atoms with Gasteiger partial charge in [0.05, 0.1) is 6.61 Å². The molecule has 0 heterocycles. The van der Waals surface area contributed by atoms with E-state index in [-0.39, 0.29) is 0 Å². The Morgan fingerprint density at radius 3 is 2.42 bits per heavy atom. The zero-order valence-corrected chi connectivity index (χ0v) is 12.9. The van der Waals surface area contributed by atoms with Gasteiger partial charge in [-0.1, -0.05) is 50.4 Å². The lowest BCUT2D eigenvalue weighted by Gasteiger charge is -2.07. The fourth-order valence-electron chi connectivity index (χ4n) is 1.84. The number of unbranched alkanes of at least 4 members (excludes halogenated alkanes) is 3. The number of hydrogen-bond donors (Lipinski definition) is 1. The summed E-state index contributed by atoms with van der Waals surface area (Å²) in [6.45, 7) is 7.03. The first-order valence-corrected chi connectivity index (χ1v) is 7.62. The summed E-state index contributed by atoms with van der Waals surface area (Å²) in [6, 6.07) is 8.44. The van der Waals surface area contributed by atoms with E-state index in [1.807, 2.05) is 24.3 Å². The molecule has 2 nitrogen and oxygen atoms in total. The monoisotopic (exact) mass is 283 g/mol. The highest BCUT2D eigenvalue weighted by molar-refractivity contribution is 6.30. The normalized spacial score (nSPS) is 11.2. The van der Waals surface area contributed by atoms with E-state index in [1.54, 1.807) is 0 Å². The van der Waals surface area contributed by atoms with Crippen molar-refractivity contribution in [1.82, 2.24) is 5.32 Å². The molecule has 0 atom stereocenters. The molecule has 0 spiro atoms. The van der Waals surface area contributed by atoms with Gasteiger partial charge in [0, 0.05) is 17.7 Å². The SMILES string of the molecule is CC(C)NCCCCCCOCc1ccc(Cl)cc1. The van der Waals surface area contributed by atoms with Crippen LogP contribution in [0.25, 0.3) is 0 Å². The molecule has 0 fully saturated rings. The smallest absolute Gasteiger partial charge is 0.0716 e.